The van der Waals surface area contributed by atoms with E-state index in [0.29, 0.717) is 19.0 Å². The highest BCUT2D eigenvalue weighted by Crippen LogP contribution is 2.23. The number of hydrogen-bond donors (Lipinski definition) is 2. The monoisotopic (exact) mass is 332 g/mol. The van der Waals surface area contributed by atoms with E-state index in [-0.39, 0.29) is 17.4 Å². The predicted molar refractivity (Wildman–Crippen MR) is 89.7 cm³/mol. The minimum atomic E-state index is -0.933. The number of rotatable bonds is 5. The van der Waals surface area contributed by atoms with Gasteiger partial charge in [0.1, 0.15) is 5.54 Å². The van der Waals surface area contributed by atoms with Crippen LogP contribution in [0.3, 0.4) is 0 Å². The fourth-order valence-corrected chi connectivity index (χ4v) is 3.24. The maximum Gasteiger partial charge on any atom is 0.335 e. The summed E-state index contributed by atoms with van der Waals surface area (Å²) in [6, 6.07) is 6.93. The zero-order valence-electron chi connectivity index (χ0n) is 14.3. The molecule has 6 heteroatoms. The Morgan fingerprint density at radius 1 is 1.33 bits per heavy atom. The largest absolute Gasteiger partial charge is 0.478 e. The molecule has 0 bridgehead atoms. The van der Waals surface area contributed by atoms with Crippen molar-refractivity contribution in [1.29, 1.82) is 0 Å². The Bertz CT molecular complexity index is 654. The summed E-state index contributed by atoms with van der Waals surface area (Å²) in [7, 11) is 0. The molecule has 6 nitrogen and oxygen atoms in total. The molecule has 1 aromatic rings. The SMILES string of the molecule is CC(=O)NC(C)(C)C(=O)N1CCC(Cc2cccc(C(=O)O)c2)C1. The minimum absolute atomic E-state index is 0.0838. The summed E-state index contributed by atoms with van der Waals surface area (Å²) in [6.45, 7) is 6.10. The van der Waals surface area contributed by atoms with Gasteiger partial charge in [0.2, 0.25) is 11.8 Å². The Kier molecular flexibility index (Phi) is 5.26. The Hall–Kier alpha value is -2.37. The van der Waals surface area contributed by atoms with Gasteiger partial charge in [-0.05, 0) is 50.3 Å². The number of nitrogens with one attached hydrogen (secondary N) is 1. The molecule has 1 saturated heterocycles. The second-order valence-electron chi connectivity index (χ2n) is 6.92. The van der Waals surface area contributed by atoms with Crippen molar-refractivity contribution in [1.82, 2.24) is 10.2 Å². The number of benzene rings is 1. The van der Waals surface area contributed by atoms with Crippen LogP contribution in [0.25, 0.3) is 0 Å². The van der Waals surface area contributed by atoms with Crippen LogP contribution >= 0.6 is 0 Å². The highest BCUT2D eigenvalue weighted by molar-refractivity contribution is 5.90. The molecule has 1 aromatic carbocycles. The first kappa shape index (κ1) is 18.0. The molecule has 0 spiro atoms. The molecule has 0 saturated carbocycles. The summed E-state index contributed by atoms with van der Waals surface area (Å²) >= 11 is 0. The molecule has 24 heavy (non-hydrogen) atoms. The van der Waals surface area contributed by atoms with Crippen LogP contribution in [0.15, 0.2) is 24.3 Å². The zero-order chi connectivity index (χ0) is 17.9. The van der Waals surface area contributed by atoms with Gasteiger partial charge in [-0.1, -0.05) is 12.1 Å². The predicted octanol–water partition coefficient (Wildman–Crippen LogP) is 1.69. The van der Waals surface area contributed by atoms with Crippen molar-refractivity contribution in [2.75, 3.05) is 13.1 Å². The first-order chi connectivity index (χ1) is 11.2. The van der Waals surface area contributed by atoms with Gasteiger partial charge >= 0.3 is 5.97 Å². The van der Waals surface area contributed by atoms with E-state index in [2.05, 4.69) is 5.32 Å². The molecule has 1 aliphatic heterocycles. The van der Waals surface area contributed by atoms with Crippen molar-refractivity contribution in [3.63, 3.8) is 0 Å². The van der Waals surface area contributed by atoms with Gasteiger partial charge in [0.05, 0.1) is 5.56 Å². The fourth-order valence-electron chi connectivity index (χ4n) is 3.24. The molecule has 1 unspecified atom stereocenters. The van der Waals surface area contributed by atoms with Crippen molar-refractivity contribution >= 4 is 17.8 Å². The molecular weight excluding hydrogens is 308 g/mol. The van der Waals surface area contributed by atoms with E-state index in [9.17, 15) is 14.4 Å². The van der Waals surface area contributed by atoms with E-state index in [1.54, 1.807) is 36.9 Å². The number of carboxylic acids is 1. The van der Waals surface area contributed by atoms with E-state index in [1.165, 1.54) is 6.92 Å². The van der Waals surface area contributed by atoms with Gasteiger partial charge < -0.3 is 15.3 Å². The van der Waals surface area contributed by atoms with Crippen molar-refractivity contribution in [2.24, 2.45) is 5.92 Å². The van der Waals surface area contributed by atoms with Crippen molar-refractivity contribution < 1.29 is 19.5 Å². The lowest BCUT2D eigenvalue weighted by molar-refractivity contribution is -0.139. The van der Waals surface area contributed by atoms with Gasteiger partial charge in [0.25, 0.3) is 0 Å². The van der Waals surface area contributed by atoms with Gasteiger partial charge in [-0.25, -0.2) is 4.79 Å². The smallest absolute Gasteiger partial charge is 0.335 e. The van der Waals surface area contributed by atoms with Crippen LogP contribution in [0.4, 0.5) is 0 Å². The van der Waals surface area contributed by atoms with Gasteiger partial charge in [0.15, 0.2) is 0 Å². The molecule has 0 radical (unpaired) electrons. The number of likely N-dealkylation sites (tertiary alicyclic amines) is 1. The molecule has 2 N–H and O–H groups in total. The topological polar surface area (TPSA) is 86.7 Å². The summed E-state index contributed by atoms with van der Waals surface area (Å²) in [4.78, 5) is 36.6. The Labute approximate surface area is 141 Å². The van der Waals surface area contributed by atoms with Crippen LogP contribution in [-0.2, 0) is 16.0 Å². The molecule has 0 aliphatic carbocycles. The average molecular weight is 332 g/mol. The van der Waals surface area contributed by atoms with Crippen molar-refractivity contribution in [2.45, 2.75) is 39.2 Å². The summed E-state index contributed by atoms with van der Waals surface area (Å²) in [6.07, 6.45) is 1.62. The maximum atomic E-state index is 12.6. The van der Waals surface area contributed by atoms with E-state index >= 15 is 0 Å². The van der Waals surface area contributed by atoms with E-state index in [0.717, 1.165) is 18.4 Å². The van der Waals surface area contributed by atoms with Gasteiger partial charge in [-0.3, -0.25) is 9.59 Å². The standard InChI is InChI=1S/C18H24N2O4/c1-12(21)19-18(2,3)17(24)20-8-7-14(11-20)9-13-5-4-6-15(10-13)16(22)23/h4-6,10,14H,7-9,11H2,1-3H3,(H,19,21)(H,22,23). The molecule has 1 heterocycles. The van der Waals surface area contributed by atoms with E-state index < -0.39 is 11.5 Å². The lowest BCUT2D eigenvalue weighted by Crippen LogP contribution is -2.55. The number of carbonyl (C=O) groups excluding carboxylic acids is 2. The summed E-state index contributed by atoms with van der Waals surface area (Å²) in [5.41, 5.74) is 0.338. The number of hydrogen-bond acceptors (Lipinski definition) is 3. The molecule has 130 valence electrons. The van der Waals surface area contributed by atoms with Crippen LogP contribution < -0.4 is 5.32 Å². The Morgan fingerprint density at radius 3 is 2.67 bits per heavy atom. The fraction of sp³-hybridized carbons (Fsp3) is 0.500. The van der Waals surface area contributed by atoms with Gasteiger partial charge in [0, 0.05) is 20.0 Å². The molecule has 0 aromatic heterocycles. The lowest BCUT2D eigenvalue weighted by Gasteiger charge is -2.29. The van der Waals surface area contributed by atoms with Gasteiger partial charge in [-0.15, -0.1) is 0 Å². The van der Waals surface area contributed by atoms with Gasteiger partial charge in [-0.2, -0.15) is 0 Å². The molecule has 2 amide bonds. The summed E-state index contributed by atoms with van der Waals surface area (Å²) in [5.74, 6) is -0.947. The van der Waals surface area contributed by atoms with Crippen LogP contribution in [0.2, 0.25) is 0 Å². The lowest BCUT2D eigenvalue weighted by atomic mass is 9.97. The second-order valence-corrected chi connectivity index (χ2v) is 6.92. The third-order valence-electron chi connectivity index (χ3n) is 4.29. The number of nitrogens with zero attached hydrogens (tertiary/aromatic N) is 1. The highest BCUT2D eigenvalue weighted by Gasteiger charge is 2.36. The van der Waals surface area contributed by atoms with Crippen LogP contribution in [-0.4, -0.2) is 46.4 Å². The number of aromatic carboxylic acids is 1. The molecule has 2 rings (SSSR count). The molecule has 1 aliphatic rings. The van der Waals surface area contributed by atoms with E-state index in [4.69, 9.17) is 5.11 Å². The van der Waals surface area contributed by atoms with Crippen molar-refractivity contribution in [3.05, 3.63) is 35.4 Å². The number of carbonyl (C=O) groups is 3. The normalized spacial score (nSPS) is 17.6. The number of carboxylic acid groups (broad SMARTS) is 1. The summed E-state index contributed by atoms with van der Waals surface area (Å²) in [5, 5.41) is 11.7. The van der Waals surface area contributed by atoms with Crippen LogP contribution in [0.5, 0.6) is 0 Å². The summed E-state index contributed by atoms with van der Waals surface area (Å²) < 4.78 is 0. The zero-order valence-corrected chi connectivity index (χ0v) is 14.3. The van der Waals surface area contributed by atoms with Crippen molar-refractivity contribution in [3.8, 4) is 0 Å². The highest BCUT2D eigenvalue weighted by atomic mass is 16.4. The third kappa shape index (κ3) is 4.34. The second kappa shape index (κ2) is 7.03. The minimum Gasteiger partial charge on any atom is -0.478 e. The van der Waals surface area contributed by atoms with E-state index in [1.807, 2.05) is 6.07 Å². The first-order valence-electron chi connectivity index (χ1n) is 8.09. The average Bonchev–Trinajstić information content (AvgIpc) is 2.93. The number of amides is 2. The molecule has 1 atom stereocenters. The Morgan fingerprint density at radius 2 is 2.04 bits per heavy atom. The van der Waals surface area contributed by atoms with Crippen LogP contribution in [0.1, 0.15) is 43.1 Å². The Balaban J connectivity index is 1.98. The molecular formula is C18H24N2O4. The third-order valence-corrected chi connectivity index (χ3v) is 4.29. The maximum absolute atomic E-state index is 12.6. The van der Waals surface area contributed by atoms with Crippen LogP contribution in [0, 0.1) is 5.92 Å². The quantitative estimate of drug-likeness (QED) is 0.859. The first-order valence-corrected chi connectivity index (χ1v) is 8.09. The molecule has 1 fully saturated rings.